The van der Waals surface area contributed by atoms with E-state index < -0.39 is 0 Å². The van der Waals surface area contributed by atoms with E-state index in [1.165, 1.54) is 23.3 Å². The van der Waals surface area contributed by atoms with E-state index in [9.17, 15) is 9.18 Å². The summed E-state index contributed by atoms with van der Waals surface area (Å²) in [6.45, 7) is 2.82. The van der Waals surface area contributed by atoms with Crippen LogP contribution in [0.1, 0.15) is 40.4 Å². The van der Waals surface area contributed by atoms with Gasteiger partial charge in [0.1, 0.15) is 5.82 Å². The number of benzene rings is 2. The summed E-state index contributed by atoms with van der Waals surface area (Å²) in [4.78, 5) is 14.5. The molecule has 2 aromatic carbocycles. The van der Waals surface area contributed by atoms with Crippen molar-refractivity contribution in [3.05, 3.63) is 71.0 Å². The number of aryl methyl sites for hydroxylation is 1. The van der Waals surface area contributed by atoms with Gasteiger partial charge in [-0.3, -0.25) is 4.79 Å². The molecule has 0 aliphatic carbocycles. The van der Waals surface area contributed by atoms with Gasteiger partial charge in [0.25, 0.3) is 5.91 Å². The minimum atomic E-state index is -0.316. The van der Waals surface area contributed by atoms with Crippen LogP contribution >= 0.6 is 0 Å². The number of hydrogen-bond donors (Lipinski definition) is 0. The summed E-state index contributed by atoms with van der Waals surface area (Å²) < 4.78 is 13.0. The fourth-order valence-corrected chi connectivity index (χ4v) is 2.99. The van der Waals surface area contributed by atoms with Crippen molar-refractivity contribution in [2.45, 2.75) is 25.8 Å². The summed E-state index contributed by atoms with van der Waals surface area (Å²) in [5, 5.41) is 0. The van der Waals surface area contributed by atoms with Gasteiger partial charge in [0.2, 0.25) is 0 Å². The van der Waals surface area contributed by atoms with E-state index in [1.807, 2.05) is 11.0 Å². The van der Waals surface area contributed by atoms with Crippen LogP contribution < -0.4 is 0 Å². The predicted octanol–water partition coefficient (Wildman–Crippen LogP) is 4.11. The van der Waals surface area contributed by atoms with E-state index in [0.717, 1.165) is 19.4 Å². The number of carbonyl (C=O) groups excluding carboxylic acids is 1. The first kappa shape index (κ1) is 13.8. The molecule has 0 bridgehead atoms. The van der Waals surface area contributed by atoms with Gasteiger partial charge in [-0.1, -0.05) is 29.8 Å². The second-order valence-corrected chi connectivity index (χ2v) is 5.58. The third-order valence-electron chi connectivity index (χ3n) is 4.03. The van der Waals surface area contributed by atoms with Crippen molar-refractivity contribution in [1.82, 2.24) is 4.90 Å². The van der Waals surface area contributed by atoms with Crippen molar-refractivity contribution >= 4 is 5.91 Å². The molecular formula is C18H18FNO. The van der Waals surface area contributed by atoms with Gasteiger partial charge in [0.05, 0.1) is 6.04 Å². The normalized spacial score (nSPS) is 18.0. The third kappa shape index (κ3) is 2.82. The summed E-state index contributed by atoms with van der Waals surface area (Å²) in [5.74, 6) is -0.331. The van der Waals surface area contributed by atoms with E-state index in [4.69, 9.17) is 0 Å². The molecule has 1 amide bonds. The highest BCUT2D eigenvalue weighted by Gasteiger charge is 2.30. The van der Waals surface area contributed by atoms with Gasteiger partial charge in [0.15, 0.2) is 0 Å². The zero-order chi connectivity index (χ0) is 14.8. The number of carbonyl (C=O) groups is 1. The number of hydrogen-bond acceptors (Lipinski definition) is 1. The Labute approximate surface area is 124 Å². The maximum Gasteiger partial charge on any atom is 0.254 e. The minimum absolute atomic E-state index is 0.0148. The molecule has 0 radical (unpaired) electrons. The smallest absolute Gasteiger partial charge is 0.254 e. The molecule has 1 saturated heterocycles. The molecule has 0 N–H and O–H groups in total. The van der Waals surface area contributed by atoms with Crippen LogP contribution in [0.25, 0.3) is 0 Å². The molecule has 2 nitrogen and oxygen atoms in total. The molecule has 1 unspecified atom stereocenters. The molecule has 0 saturated carbocycles. The average Bonchev–Trinajstić information content (AvgIpc) is 2.97. The van der Waals surface area contributed by atoms with Gasteiger partial charge in [0, 0.05) is 12.1 Å². The van der Waals surface area contributed by atoms with Crippen molar-refractivity contribution < 1.29 is 9.18 Å². The molecule has 0 spiro atoms. The SMILES string of the molecule is Cc1cccc(C2CCCN2C(=O)c2ccc(F)cc2)c1. The fourth-order valence-electron chi connectivity index (χ4n) is 2.99. The van der Waals surface area contributed by atoms with Gasteiger partial charge < -0.3 is 4.90 Å². The molecule has 1 atom stereocenters. The first-order valence-corrected chi connectivity index (χ1v) is 7.28. The molecule has 1 fully saturated rings. The van der Waals surface area contributed by atoms with E-state index in [-0.39, 0.29) is 17.8 Å². The molecule has 1 aliphatic rings. The number of halogens is 1. The number of nitrogens with zero attached hydrogens (tertiary/aromatic N) is 1. The van der Waals surface area contributed by atoms with Crippen LogP contribution in [0, 0.1) is 12.7 Å². The van der Waals surface area contributed by atoms with Gasteiger partial charge in [-0.05, 0) is 49.6 Å². The van der Waals surface area contributed by atoms with Gasteiger partial charge in [-0.25, -0.2) is 4.39 Å². The molecule has 0 aromatic heterocycles. The Hall–Kier alpha value is -2.16. The first-order valence-electron chi connectivity index (χ1n) is 7.28. The summed E-state index contributed by atoms with van der Waals surface area (Å²) in [5.41, 5.74) is 2.94. The van der Waals surface area contributed by atoms with Crippen molar-refractivity contribution in [3.8, 4) is 0 Å². The topological polar surface area (TPSA) is 20.3 Å². The van der Waals surface area contributed by atoms with Crippen molar-refractivity contribution in [2.75, 3.05) is 6.54 Å². The van der Waals surface area contributed by atoms with Gasteiger partial charge >= 0.3 is 0 Å². The highest BCUT2D eigenvalue weighted by molar-refractivity contribution is 5.94. The van der Waals surface area contributed by atoms with Gasteiger partial charge in [-0.2, -0.15) is 0 Å². The van der Waals surface area contributed by atoms with Crippen LogP contribution in [0.3, 0.4) is 0 Å². The van der Waals surface area contributed by atoms with Crippen LogP contribution in [0.4, 0.5) is 4.39 Å². The Morgan fingerprint density at radius 2 is 1.95 bits per heavy atom. The maximum atomic E-state index is 13.0. The zero-order valence-electron chi connectivity index (χ0n) is 12.1. The van der Waals surface area contributed by atoms with Crippen molar-refractivity contribution in [3.63, 3.8) is 0 Å². The number of amides is 1. The standard InChI is InChI=1S/C18H18FNO/c1-13-4-2-5-15(12-13)17-6-3-11-20(17)18(21)14-7-9-16(19)10-8-14/h2,4-5,7-10,12,17H,3,6,11H2,1H3. The second-order valence-electron chi connectivity index (χ2n) is 5.58. The molecule has 3 rings (SSSR count). The fraction of sp³-hybridized carbons (Fsp3) is 0.278. The monoisotopic (exact) mass is 283 g/mol. The molecule has 1 heterocycles. The van der Waals surface area contributed by atoms with E-state index >= 15 is 0 Å². The van der Waals surface area contributed by atoms with E-state index in [2.05, 4.69) is 25.1 Å². The molecule has 108 valence electrons. The molecule has 3 heteroatoms. The van der Waals surface area contributed by atoms with Crippen LogP contribution in [0.2, 0.25) is 0 Å². The molecule has 2 aromatic rings. The average molecular weight is 283 g/mol. The summed E-state index contributed by atoms with van der Waals surface area (Å²) in [7, 11) is 0. The summed E-state index contributed by atoms with van der Waals surface area (Å²) in [6.07, 6.45) is 1.99. The Kier molecular flexibility index (Phi) is 3.74. The summed E-state index contributed by atoms with van der Waals surface area (Å²) >= 11 is 0. The highest BCUT2D eigenvalue weighted by atomic mass is 19.1. The summed E-state index contributed by atoms with van der Waals surface area (Å²) in [6, 6.07) is 14.2. The van der Waals surface area contributed by atoms with Gasteiger partial charge in [-0.15, -0.1) is 0 Å². The van der Waals surface area contributed by atoms with Crippen molar-refractivity contribution in [1.29, 1.82) is 0 Å². The Morgan fingerprint density at radius 1 is 1.19 bits per heavy atom. The first-order chi connectivity index (χ1) is 10.1. The zero-order valence-corrected chi connectivity index (χ0v) is 12.1. The quantitative estimate of drug-likeness (QED) is 0.812. The lowest BCUT2D eigenvalue weighted by Gasteiger charge is -2.25. The largest absolute Gasteiger partial charge is 0.332 e. The molecule has 21 heavy (non-hydrogen) atoms. The number of likely N-dealkylation sites (tertiary alicyclic amines) is 1. The van der Waals surface area contributed by atoms with E-state index in [0.29, 0.717) is 5.56 Å². The van der Waals surface area contributed by atoms with Crippen LogP contribution in [-0.2, 0) is 0 Å². The van der Waals surface area contributed by atoms with Crippen LogP contribution in [0.15, 0.2) is 48.5 Å². The minimum Gasteiger partial charge on any atom is -0.332 e. The molecular weight excluding hydrogens is 265 g/mol. The molecule has 1 aliphatic heterocycles. The van der Waals surface area contributed by atoms with Crippen LogP contribution in [0.5, 0.6) is 0 Å². The Balaban J connectivity index is 1.87. The maximum absolute atomic E-state index is 13.0. The predicted molar refractivity (Wildman–Crippen MR) is 80.6 cm³/mol. The van der Waals surface area contributed by atoms with E-state index in [1.54, 1.807) is 12.1 Å². The lowest BCUT2D eigenvalue weighted by atomic mass is 10.0. The Bertz CT molecular complexity index is 651. The highest BCUT2D eigenvalue weighted by Crippen LogP contribution is 2.33. The van der Waals surface area contributed by atoms with Crippen LogP contribution in [-0.4, -0.2) is 17.4 Å². The lowest BCUT2D eigenvalue weighted by Crippen LogP contribution is -2.30. The second kappa shape index (κ2) is 5.68. The Morgan fingerprint density at radius 3 is 2.67 bits per heavy atom. The lowest BCUT2D eigenvalue weighted by molar-refractivity contribution is 0.0735. The van der Waals surface area contributed by atoms with Crippen molar-refractivity contribution in [2.24, 2.45) is 0 Å². The third-order valence-corrected chi connectivity index (χ3v) is 4.03. The number of rotatable bonds is 2.